The molecule has 1 aromatic carbocycles. The highest BCUT2D eigenvalue weighted by molar-refractivity contribution is 9.11. The predicted molar refractivity (Wildman–Crippen MR) is 89.6 cm³/mol. The average Bonchev–Trinajstić information content (AvgIpc) is 2.83. The number of halogens is 1. The van der Waals surface area contributed by atoms with E-state index in [1.807, 2.05) is 12.1 Å². The van der Waals surface area contributed by atoms with E-state index in [4.69, 9.17) is 10.5 Å². The van der Waals surface area contributed by atoms with Gasteiger partial charge in [-0.2, -0.15) is 0 Å². The van der Waals surface area contributed by atoms with Gasteiger partial charge in [-0.05, 0) is 60.0 Å². The van der Waals surface area contributed by atoms with Crippen LogP contribution in [0, 0.1) is 13.8 Å². The Morgan fingerprint density at radius 1 is 1.25 bits per heavy atom. The third-order valence-corrected chi connectivity index (χ3v) is 5.00. The summed E-state index contributed by atoms with van der Waals surface area (Å²) in [5.74, 6) is 0.911. The van der Waals surface area contributed by atoms with E-state index in [1.54, 1.807) is 11.3 Å². The first-order valence-electron chi connectivity index (χ1n) is 6.76. The van der Waals surface area contributed by atoms with Crippen LogP contribution in [0.3, 0.4) is 0 Å². The summed E-state index contributed by atoms with van der Waals surface area (Å²) in [6.07, 6.45) is 0.781. The standard InChI is InChI=1S/C16H20BrNOS/c1-4-12(18)16(14-7-8-15(17)20-14)19-13-6-5-10(2)9-11(13)3/h5-9,12,16H,4,18H2,1-3H3. The van der Waals surface area contributed by atoms with Crippen molar-refractivity contribution >= 4 is 27.3 Å². The van der Waals surface area contributed by atoms with Gasteiger partial charge >= 0.3 is 0 Å². The van der Waals surface area contributed by atoms with Crippen molar-refractivity contribution in [1.82, 2.24) is 0 Å². The second-order valence-corrected chi connectivity index (χ2v) is 7.52. The Bertz CT molecular complexity index is 582. The van der Waals surface area contributed by atoms with Crippen molar-refractivity contribution in [1.29, 1.82) is 0 Å². The number of aryl methyl sites for hydroxylation is 2. The minimum absolute atomic E-state index is 0.0127. The first kappa shape index (κ1) is 15.5. The van der Waals surface area contributed by atoms with Crippen LogP contribution in [0.1, 0.15) is 35.5 Å². The van der Waals surface area contributed by atoms with E-state index >= 15 is 0 Å². The van der Waals surface area contributed by atoms with Crippen LogP contribution in [0.25, 0.3) is 0 Å². The second kappa shape index (κ2) is 6.74. The van der Waals surface area contributed by atoms with Gasteiger partial charge in [-0.3, -0.25) is 0 Å². The molecular formula is C16H20BrNOS. The summed E-state index contributed by atoms with van der Waals surface area (Å²) < 4.78 is 7.32. The molecule has 0 saturated heterocycles. The van der Waals surface area contributed by atoms with Gasteiger partial charge in [0, 0.05) is 10.9 Å². The molecular weight excluding hydrogens is 334 g/mol. The number of thiophene rings is 1. The molecule has 0 amide bonds. The van der Waals surface area contributed by atoms with Crippen molar-refractivity contribution < 1.29 is 4.74 Å². The number of rotatable bonds is 5. The Morgan fingerprint density at radius 3 is 2.55 bits per heavy atom. The molecule has 2 rings (SSSR count). The van der Waals surface area contributed by atoms with Gasteiger partial charge < -0.3 is 10.5 Å². The molecule has 2 unspecified atom stereocenters. The summed E-state index contributed by atoms with van der Waals surface area (Å²) in [5, 5.41) is 0. The van der Waals surface area contributed by atoms with Crippen LogP contribution in [-0.2, 0) is 0 Å². The maximum atomic E-state index is 6.25. The minimum atomic E-state index is -0.0993. The molecule has 0 spiro atoms. The molecule has 2 atom stereocenters. The van der Waals surface area contributed by atoms with Crippen LogP contribution in [0.5, 0.6) is 5.75 Å². The molecule has 0 fully saturated rings. The maximum Gasteiger partial charge on any atom is 0.148 e. The third kappa shape index (κ3) is 3.62. The van der Waals surface area contributed by atoms with Gasteiger partial charge in [0.1, 0.15) is 11.9 Å². The van der Waals surface area contributed by atoms with E-state index in [0.717, 1.165) is 26.4 Å². The number of ether oxygens (including phenoxy) is 1. The molecule has 0 bridgehead atoms. The van der Waals surface area contributed by atoms with E-state index in [0.29, 0.717) is 0 Å². The molecule has 108 valence electrons. The van der Waals surface area contributed by atoms with Gasteiger partial charge in [0.2, 0.25) is 0 Å². The number of hydrogen-bond acceptors (Lipinski definition) is 3. The van der Waals surface area contributed by atoms with E-state index < -0.39 is 0 Å². The fraction of sp³-hybridized carbons (Fsp3) is 0.375. The van der Waals surface area contributed by atoms with Gasteiger partial charge in [0.05, 0.1) is 3.79 Å². The maximum absolute atomic E-state index is 6.25. The SMILES string of the molecule is CCC(N)C(Oc1ccc(C)cc1C)c1ccc(Br)s1. The normalized spacial score (nSPS) is 14.1. The molecule has 20 heavy (non-hydrogen) atoms. The van der Waals surface area contributed by atoms with Crippen LogP contribution in [0.2, 0.25) is 0 Å². The highest BCUT2D eigenvalue weighted by Crippen LogP contribution is 2.34. The van der Waals surface area contributed by atoms with Crippen LogP contribution in [0.15, 0.2) is 34.1 Å². The average molecular weight is 354 g/mol. The lowest BCUT2D eigenvalue weighted by Crippen LogP contribution is -2.31. The number of benzene rings is 1. The van der Waals surface area contributed by atoms with E-state index in [9.17, 15) is 0 Å². The molecule has 0 aliphatic rings. The fourth-order valence-corrected chi connectivity index (χ4v) is 3.65. The molecule has 2 nitrogen and oxygen atoms in total. The Labute approximate surface area is 133 Å². The lowest BCUT2D eigenvalue weighted by Gasteiger charge is -2.24. The van der Waals surface area contributed by atoms with Gasteiger partial charge in [0.25, 0.3) is 0 Å². The van der Waals surface area contributed by atoms with Crippen molar-refractivity contribution in [2.75, 3.05) is 0 Å². The largest absolute Gasteiger partial charge is 0.483 e. The van der Waals surface area contributed by atoms with Gasteiger partial charge in [-0.15, -0.1) is 11.3 Å². The summed E-state index contributed by atoms with van der Waals surface area (Å²) in [4.78, 5) is 1.16. The van der Waals surface area contributed by atoms with Crippen molar-refractivity contribution in [3.8, 4) is 5.75 Å². The summed E-state index contributed by atoms with van der Waals surface area (Å²) in [5.41, 5.74) is 8.64. The van der Waals surface area contributed by atoms with Crippen molar-refractivity contribution in [2.24, 2.45) is 5.73 Å². The van der Waals surface area contributed by atoms with E-state index in [2.05, 4.69) is 54.9 Å². The molecule has 4 heteroatoms. The molecule has 2 aromatic rings. The fourth-order valence-electron chi connectivity index (χ4n) is 2.12. The van der Waals surface area contributed by atoms with Crippen LogP contribution < -0.4 is 10.5 Å². The third-order valence-electron chi connectivity index (χ3n) is 3.32. The Morgan fingerprint density at radius 2 is 2.00 bits per heavy atom. The summed E-state index contributed by atoms with van der Waals surface area (Å²) in [6, 6.07) is 10.3. The topological polar surface area (TPSA) is 35.2 Å². The summed E-state index contributed by atoms with van der Waals surface area (Å²) in [7, 11) is 0. The van der Waals surface area contributed by atoms with E-state index in [1.165, 1.54) is 5.56 Å². The zero-order chi connectivity index (χ0) is 14.7. The Hall–Kier alpha value is -0.840. The quantitative estimate of drug-likeness (QED) is 0.821. The molecule has 0 radical (unpaired) electrons. The first-order valence-corrected chi connectivity index (χ1v) is 8.37. The minimum Gasteiger partial charge on any atom is -0.483 e. The van der Waals surface area contributed by atoms with Gasteiger partial charge in [0.15, 0.2) is 0 Å². The smallest absolute Gasteiger partial charge is 0.148 e. The monoisotopic (exact) mass is 353 g/mol. The molecule has 0 saturated carbocycles. The Balaban J connectivity index is 2.28. The molecule has 1 aromatic heterocycles. The predicted octanol–water partition coefficient (Wildman–Crippen LogP) is 4.98. The number of nitrogens with two attached hydrogens (primary N) is 1. The van der Waals surface area contributed by atoms with Crippen LogP contribution in [0.4, 0.5) is 0 Å². The zero-order valence-electron chi connectivity index (χ0n) is 12.0. The van der Waals surface area contributed by atoms with Gasteiger partial charge in [-0.25, -0.2) is 0 Å². The Kier molecular flexibility index (Phi) is 5.24. The molecule has 1 heterocycles. The molecule has 2 N–H and O–H groups in total. The van der Waals surface area contributed by atoms with Crippen molar-refractivity contribution in [3.05, 3.63) is 50.1 Å². The van der Waals surface area contributed by atoms with E-state index in [-0.39, 0.29) is 12.1 Å². The molecule has 0 aliphatic carbocycles. The summed E-state index contributed by atoms with van der Waals surface area (Å²) >= 11 is 5.18. The van der Waals surface area contributed by atoms with Gasteiger partial charge in [-0.1, -0.05) is 24.6 Å². The number of hydrogen-bond donors (Lipinski definition) is 1. The van der Waals surface area contributed by atoms with Crippen molar-refractivity contribution in [2.45, 2.75) is 39.3 Å². The van der Waals surface area contributed by atoms with Crippen LogP contribution in [-0.4, -0.2) is 6.04 Å². The highest BCUT2D eigenvalue weighted by atomic mass is 79.9. The second-order valence-electron chi connectivity index (χ2n) is 5.02. The first-order chi connectivity index (χ1) is 9.51. The highest BCUT2D eigenvalue weighted by Gasteiger charge is 2.23. The summed E-state index contributed by atoms with van der Waals surface area (Å²) in [6.45, 7) is 6.25. The van der Waals surface area contributed by atoms with Crippen LogP contribution >= 0.6 is 27.3 Å². The zero-order valence-corrected chi connectivity index (χ0v) is 14.4. The van der Waals surface area contributed by atoms with Crippen molar-refractivity contribution in [3.63, 3.8) is 0 Å². The molecule has 0 aliphatic heterocycles. The lowest BCUT2D eigenvalue weighted by atomic mass is 10.1. The lowest BCUT2D eigenvalue weighted by molar-refractivity contribution is 0.173.